The summed E-state index contributed by atoms with van der Waals surface area (Å²) in [5, 5.41) is 3.00. The zero-order chi connectivity index (χ0) is 14.4. The van der Waals surface area contributed by atoms with E-state index in [9.17, 15) is 0 Å². The van der Waals surface area contributed by atoms with Gasteiger partial charge in [0.2, 0.25) is 5.88 Å². The zero-order valence-electron chi connectivity index (χ0n) is 12.0. The third kappa shape index (κ3) is 3.60. The van der Waals surface area contributed by atoms with E-state index in [0.717, 1.165) is 23.8 Å². The molecule has 106 valence electrons. The summed E-state index contributed by atoms with van der Waals surface area (Å²) in [6.45, 7) is 4.58. The third-order valence-corrected chi connectivity index (χ3v) is 2.66. The van der Waals surface area contributed by atoms with Crippen LogP contribution in [0.2, 0.25) is 0 Å². The summed E-state index contributed by atoms with van der Waals surface area (Å²) in [7, 11) is 1.82. The molecule has 0 fully saturated rings. The smallest absolute Gasteiger partial charge is 0.224 e. The lowest BCUT2D eigenvalue weighted by Crippen LogP contribution is -2.01. The van der Waals surface area contributed by atoms with Crippen LogP contribution in [0, 0.1) is 0 Å². The number of aromatic nitrogens is 2. The maximum atomic E-state index is 5.78. The summed E-state index contributed by atoms with van der Waals surface area (Å²) in [4.78, 5) is 8.69. The fourth-order valence-electron chi connectivity index (χ4n) is 1.73. The van der Waals surface area contributed by atoms with Gasteiger partial charge in [-0.15, -0.1) is 0 Å². The molecule has 2 aromatic rings. The lowest BCUT2D eigenvalue weighted by Gasteiger charge is -2.09. The van der Waals surface area contributed by atoms with Crippen molar-refractivity contribution in [2.45, 2.75) is 20.3 Å². The highest BCUT2D eigenvalue weighted by atomic mass is 16.5. The number of aryl methyl sites for hydroxylation is 1. The van der Waals surface area contributed by atoms with Crippen molar-refractivity contribution in [2.75, 3.05) is 19.0 Å². The number of rotatable bonds is 6. The summed E-state index contributed by atoms with van der Waals surface area (Å²) in [6, 6.07) is 9.27. The molecule has 1 aromatic heterocycles. The van der Waals surface area contributed by atoms with E-state index < -0.39 is 0 Å². The topological polar surface area (TPSA) is 56.3 Å². The molecule has 0 saturated carbocycles. The first kappa shape index (κ1) is 14.1. The van der Waals surface area contributed by atoms with Gasteiger partial charge in [0, 0.05) is 25.6 Å². The normalized spacial score (nSPS) is 10.2. The monoisotopic (exact) mass is 273 g/mol. The van der Waals surface area contributed by atoms with E-state index in [4.69, 9.17) is 9.47 Å². The Morgan fingerprint density at radius 3 is 2.60 bits per heavy atom. The standard InChI is InChI=1S/C15H19N3O2/c1-4-13-17-14(16-3)10-15(18-13)20-12-8-6-7-11(9-12)19-5-2/h6-10H,4-5H2,1-3H3,(H,16,17,18). The van der Waals surface area contributed by atoms with Crippen molar-refractivity contribution in [2.24, 2.45) is 0 Å². The Kier molecular flexibility index (Phi) is 4.76. The van der Waals surface area contributed by atoms with E-state index >= 15 is 0 Å². The Bertz CT molecular complexity index is 551. The number of nitrogens with zero attached hydrogens (tertiary/aromatic N) is 2. The molecule has 0 saturated heterocycles. The average Bonchev–Trinajstić information content (AvgIpc) is 2.47. The molecule has 0 spiro atoms. The first-order valence-corrected chi connectivity index (χ1v) is 6.71. The van der Waals surface area contributed by atoms with Crippen molar-refractivity contribution in [3.63, 3.8) is 0 Å². The zero-order valence-corrected chi connectivity index (χ0v) is 12.0. The number of hydrogen-bond acceptors (Lipinski definition) is 5. The van der Waals surface area contributed by atoms with Gasteiger partial charge in [-0.05, 0) is 19.1 Å². The van der Waals surface area contributed by atoms with Crippen LogP contribution in [0.1, 0.15) is 19.7 Å². The minimum atomic E-state index is 0.523. The van der Waals surface area contributed by atoms with Crippen LogP contribution in [0.15, 0.2) is 30.3 Å². The van der Waals surface area contributed by atoms with Gasteiger partial charge in [0.05, 0.1) is 6.61 Å². The minimum absolute atomic E-state index is 0.523. The molecule has 0 atom stereocenters. The molecular formula is C15H19N3O2. The Morgan fingerprint density at radius 2 is 1.90 bits per heavy atom. The van der Waals surface area contributed by atoms with Crippen LogP contribution in [-0.4, -0.2) is 23.6 Å². The van der Waals surface area contributed by atoms with Gasteiger partial charge in [0.25, 0.3) is 0 Å². The number of hydrogen-bond donors (Lipinski definition) is 1. The quantitative estimate of drug-likeness (QED) is 0.875. The fraction of sp³-hybridized carbons (Fsp3) is 0.333. The molecule has 0 aliphatic rings. The van der Waals surface area contributed by atoms with E-state index in [-0.39, 0.29) is 0 Å². The van der Waals surface area contributed by atoms with Crippen molar-refractivity contribution >= 4 is 5.82 Å². The molecule has 2 rings (SSSR count). The summed E-state index contributed by atoms with van der Waals surface area (Å²) in [5.74, 6) is 3.48. The van der Waals surface area contributed by atoms with Gasteiger partial charge < -0.3 is 14.8 Å². The van der Waals surface area contributed by atoms with E-state index in [1.165, 1.54) is 0 Å². The van der Waals surface area contributed by atoms with Gasteiger partial charge in [-0.3, -0.25) is 0 Å². The summed E-state index contributed by atoms with van der Waals surface area (Å²) in [5.41, 5.74) is 0. The molecular weight excluding hydrogens is 254 g/mol. The Labute approximate surface area is 119 Å². The van der Waals surface area contributed by atoms with Gasteiger partial charge in [-0.2, -0.15) is 4.98 Å². The van der Waals surface area contributed by atoms with E-state index in [2.05, 4.69) is 15.3 Å². The van der Waals surface area contributed by atoms with Crippen LogP contribution in [0.25, 0.3) is 0 Å². The molecule has 0 unspecified atom stereocenters. The van der Waals surface area contributed by atoms with Crippen molar-refractivity contribution in [3.8, 4) is 17.4 Å². The second kappa shape index (κ2) is 6.75. The van der Waals surface area contributed by atoms with Crippen LogP contribution < -0.4 is 14.8 Å². The van der Waals surface area contributed by atoms with Crippen LogP contribution >= 0.6 is 0 Å². The number of benzene rings is 1. The first-order valence-electron chi connectivity index (χ1n) is 6.71. The number of nitrogens with one attached hydrogen (secondary N) is 1. The Hall–Kier alpha value is -2.30. The molecule has 0 bridgehead atoms. The van der Waals surface area contributed by atoms with Crippen LogP contribution in [0.3, 0.4) is 0 Å². The first-order chi connectivity index (χ1) is 9.75. The lowest BCUT2D eigenvalue weighted by molar-refractivity contribution is 0.338. The summed E-state index contributed by atoms with van der Waals surface area (Å²) >= 11 is 0. The highest BCUT2D eigenvalue weighted by molar-refractivity contribution is 5.40. The van der Waals surface area contributed by atoms with E-state index in [0.29, 0.717) is 18.2 Å². The number of anilines is 1. The highest BCUT2D eigenvalue weighted by Crippen LogP contribution is 2.25. The van der Waals surface area contributed by atoms with Crippen molar-refractivity contribution in [1.29, 1.82) is 0 Å². The molecule has 5 nitrogen and oxygen atoms in total. The van der Waals surface area contributed by atoms with Crippen LogP contribution in [-0.2, 0) is 6.42 Å². The lowest BCUT2D eigenvalue weighted by atomic mass is 10.3. The van der Waals surface area contributed by atoms with E-state index in [1.54, 1.807) is 6.07 Å². The molecule has 0 radical (unpaired) electrons. The Morgan fingerprint density at radius 1 is 1.10 bits per heavy atom. The fourth-order valence-corrected chi connectivity index (χ4v) is 1.73. The molecule has 1 N–H and O–H groups in total. The number of ether oxygens (including phenoxy) is 2. The van der Waals surface area contributed by atoms with Crippen molar-refractivity contribution in [3.05, 3.63) is 36.2 Å². The van der Waals surface area contributed by atoms with Gasteiger partial charge in [0.1, 0.15) is 23.1 Å². The van der Waals surface area contributed by atoms with E-state index in [1.807, 2.05) is 45.2 Å². The third-order valence-electron chi connectivity index (χ3n) is 2.66. The van der Waals surface area contributed by atoms with Crippen molar-refractivity contribution < 1.29 is 9.47 Å². The van der Waals surface area contributed by atoms with Gasteiger partial charge in [0.15, 0.2) is 0 Å². The molecule has 0 aliphatic carbocycles. The second-order valence-corrected chi connectivity index (χ2v) is 4.12. The van der Waals surface area contributed by atoms with Crippen molar-refractivity contribution in [1.82, 2.24) is 9.97 Å². The summed E-state index contributed by atoms with van der Waals surface area (Å²) in [6.07, 6.45) is 0.755. The average molecular weight is 273 g/mol. The molecule has 0 aliphatic heterocycles. The maximum Gasteiger partial charge on any atom is 0.224 e. The molecule has 1 aromatic carbocycles. The Balaban J connectivity index is 2.22. The van der Waals surface area contributed by atoms with Gasteiger partial charge >= 0.3 is 0 Å². The largest absolute Gasteiger partial charge is 0.494 e. The van der Waals surface area contributed by atoms with Crippen LogP contribution in [0.5, 0.6) is 17.4 Å². The predicted molar refractivity (Wildman–Crippen MR) is 78.6 cm³/mol. The maximum absolute atomic E-state index is 5.78. The molecule has 0 amide bonds. The molecule has 20 heavy (non-hydrogen) atoms. The van der Waals surface area contributed by atoms with Crippen LogP contribution in [0.4, 0.5) is 5.82 Å². The minimum Gasteiger partial charge on any atom is -0.494 e. The molecule has 5 heteroatoms. The predicted octanol–water partition coefficient (Wildman–Crippen LogP) is 3.27. The van der Waals surface area contributed by atoms with Gasteiger partial charge in [-0.1, -0.05) is 13.0 Å². The highest BCUT2D eigenvalue weighted by Gasteiger charge is 2.05. The van der Waals surface area contributed by atoms with Gasteiger partial charge in [-0.25, -0.2) is 4.98 Å². The SMILES string of the molecule is CCOc1cccc(Oc2cc(NC)nc(CC)n2)c1. The molecule has 1 heterocycles. The second-order valence-electron chi connectivity index (χ2n) is 4.12. The summed E-state index contributed by atoms with van der Waals surface area (Å²) < 4.78 is 11.2.